The summed E-state index contributed by atoms with van der Waals surface area (Å²) in [6, 6.07) is 1.62. The Bertz CT molecular complexity index is 239. The molecule has 1 saturated carbocycles. The molecule has 4 atom stereocenters. The average molecular weight is 238 g/mol. The molecule has 0 amide bonds. The van der Waals surface area contributed by atoms with Crippen LogP contribution in [0, 0.1) is 17.8 Å². The van der Waals surface area contributed by atoms with Gasteiger partial charge in [0.05, 0.1) is 0 Å². The molecular formula is C15H30N2. The van der Waals surface area contributed by atoms with Gasteiger partial charge >= 0.3 is 0 Å². The van der Waals surface area contributed by atoms with Crippen molar-refractivity contribution in [3.8, 4) is 0 Å². The molecule has 2 aliphatic rings. The van der Waals surface area contributed by atoms with E-state index in [-0.39, 0.29) is 0 Å². The molecule has 1 saturated heterocycles. The highest BCUT2D eigenvalue weighted by molar-refractivity contribution is 4.92. The maximum Gasteiger partial charge on any atom is 0.0198 e. The van der Waals surface area contributed by atoms with Crippen LogP contribution in [0.5, 0.6) is 0 Å². The van der Waals surface area contributed by atoms with Gasteiger partial charge in [-0.3, -0.25) is 4.90 Å². The molecule has 1 aliphatic heterocycles. The Morgan fingerprint density at radius 3 is 2.47 bits per heavy atom. The first-order valence-electron chi connectivity index (χ1n) is 7.53. The Hall–Kier alpha value is -0.0800. The summed E-state index contributed by atoms with van der Waals surface area (Å²) >= 11 is 0. The molecule has 0 spiro atoms. The van der Waals surface area contributed by atoms with Crippen molar-refractivity contribution in [3.05, 3.63) is 0 Å². The quantitative estimate of drug-likeness (QED) is 0.810. The van der Waals surface area contributed by atoms with Crippen LogP contribution in [0.3, 0.4) is 0 Å². The topological polar surface area (TPSA) is 15.3 Å². The molecule has 2 heteroatoms. The van der Waals surface area contributed by atoms with Crippen LogP contribution in [-0.2, 0) is 0 Å². The molecule has 1 aliphatic carbocycles. The molecular weight excluding hydrogens is 208 g/mol. The fourth-order valence-corrected chi connectivity index (χ4v) is 3.41. The minimum atomic E-state index is 0.731. The predicted octanol–water partition coefficient (Wildman–Crippen LogP) is 2.74. The van der Waals surface area contributed by atoms with Crippen LogP contribution in [0.4, 0.5) is 0 Å². The molecule has 1 heterocycles. The van der Waals surface area contributed by atoms with Crippen LogP contribution < -0.4 is 5.32 Å². The molecule has 1 N–H and O–H groups in total. The second-order valence-corrected chi connectivity index (χ2v) is 6.92. The van der Waals surface area contributed by atoms with E-state index in [4.69, 9.17) is 0 Å². The van der Waals surface area contributed by atoms with E-state index in [1.807, 2.05) is 0 Å². The summed E-state index contributed by atoms with van der Waals surface area (Å²) in [5.74, 6) is 2.57. The molecule has 0 bridgehead atoms. The van der Waals surface area contributed by atoms with E-state index in [1.165, 1.54) is 38.9 Å². The van der Waals surface area contributed by atoms with Crippen LogP contribution in [-0.4, -0.2) is 36.6 Å². The fourth-order valence-electron chi connectivity index (χ4n) is 3.41. The van der Waals surface area contributed by atoms with Gasteiger partial charge in [0.15, 0.2) is 0 Å². The minimum absolute atomic E-state index is 0.731. The van der Waals surface area contributed by atoms with Crippen LogP contribution in [0.1, 0.15) is 47.0 Å². The molecule has 2 fully saturated rings. The SMILES string of the molecule is CC(C)CNC1CC(C)CN(C2CCC2C)C1. The van der Waals surface area contributed by atoms with Crippen molar-refractivity contribution in [2.24, 2.45) is 17.8 Å². The molecule has 0 aromatic heterocycles. The molecule has 4 unspecified atom stereocenters. The second kappa shape index (κ2) is 5.71. The zero-order valence-electron chi connectivity index (χ0n) is 12.1. The number of hydrogen-bond acceptors (Lipinski definition) is 2. The Labute approximate surface area is 107 Å². The maximum absolute atomic E-state index is 3.76. The monoisotopic (exact) mass is 238 g/mol. The van der Waals surface area contributed by atoms with E-state index in [0.29, 0.717) is 0 Å². The number of rotatable bonds is 4. The van der Waals surface area contributed by atoms with Gasteiger partial charge in [0, 0.05) is 25.2 Å². The number of likely N-dealkylation sites (tertiary alicyclic amines) is 1. The van der Waals surface area contributed by atoms with Crippen molar-refractivity contribution in [1.29, 1.82) is 0 Å². The summed E-state index contributed by atoms with van der Waals surface area (Å²) in [4.78, 5) is 2.76. The van der Waals surface area contributed by atoms with Crippen molar-refractivity contribution < 1.29 is 0 Å². The van der Waals surface area contributed by atoms with Crippen LogP contribution in [0.15, 0.2) is 0 Å². The van der Waals surface area contributed by atoms with Gasteiger partial charge in [0.1, 0.15) is 0 Å². The van der Waals surface area contributed by atoms with E-state index >= 15 is 0 Å². The van der Waals surface area contributed by atoms with E-state index < -0.39 is 0 Å². The summed E-state index contributed by atoms with van der Waals surface area (Å²) in [6.07, 6.45) is 4.24. The third-order valence-electron chi connectivity index (χ3n) is 4.55. The minimum Gasteiger partial charge on any atom is -0.312 e. The van der Waals surface area contributed by atoms with Crippen LogP contribution in [0.25, 0.3) is 0 Å². The highest BCUT2D eigenvalue weighted by atomic mass is 15.2. The van der Waals surface area contributed by atoms with Crippen molar-refractivity contribution >= 4 is 0 Å². The molecule has 100 valence electrons. The van der Waals surface area contributed by atoms with Gasteiger partial charge in [0.25, 0.3) is 0 Å². The molecule has 0 radical (unpaired) electrons. The zero-order chi connectivity index (χ0) is 12.4. The first-order chi connectivity index (χ1) is 8.06. The number of nitrogens with zero attached hydrogens (tertiary/aromatic N) is 1. The Morgan fingerprint density at radius 1 is 1.18 bits per heavy atom. The van der Waals surface area contributed by atoms with E-state index in [2.05, 4.69) is 37.9 Å². The molecule has 0 aromatic carbocycles. The smallest absolute Gasteiger partial charge is 0.0198 e. The van der Waals surface area contributed by atoms with Gasteiger partial charge in [-0.25, -0.2) is 0 Å². The third-order valence-corrected chi connectivity index (χ3v) is 4.55. The Balaban J connectivity index is 1.83. The van der Waals surface area contributed by atoms with Gasteiger partial charge in [-0.2, -0.15) is 0 Å². The van der Waals surface area contributed by atoms with Crippen LogP contribution >= 0.6 is 0 Å². The first-order valence-corrected chi connectivity index (χ1v) is 7.53. The lowest BCUT2D eigenvalue weighted by atomic mass is 9.78. The fraction of sp³-hybridized carbons (Fsp3) is 1.00. The normalized spacial score (nSPS) is 39.4. The van der Waals surface area contributed by atoms with Crippen molar-refractivity contribution in [3.63, 3.8) is 0 Å². The summed E-state index contributed by atoms with van der Waals surface area (Å²) in [6.45, 7) is 13.2. The summed E-state index contributed by atoms with van der Waals surface area (Å²) in [5, 5.41) is 3.76. The third kappa shape index (κ3) is 3.45. The summed E-state index contributed by atoms with van der Waals surface area (Å²) in [7, 11) is 0. The lowest BCUT2D eigenvalue weighted by Gasteiger charge is -2.48. The summed E-state index contributed by atoms with van der Waals surface area (Å²) < 4.78 is 0. The maximum atomic E-state index is 3.76. The lowest BCUT2D eigenvalue weighted by molar-refractivity contribution is 0.0260. The van der Waals surface area contributed by atoms with Crippen molar-refractivity contribution in [2.45, 2.75) is 59.0 Å². The highest BCUT2D eigenvalue weighted by Crippen LogP contribution is 2.34. The largest absolute Gasteiger partial charge is 0.312 e. The van der Waals surface area contributed by atoms with Crippen LogP contribution in [0.2, 0.25) is 0 Å². The second-order valence-electron chi connectivity index (χ2n) is 6.92. The number of hydrogen-bond donors (Lipinski definition) is 1. The van der Waals surface area contributed by atoms with Gasteiger partial charge < -0.3 is 5.32 Å². The average Bonchev–Trinajstić information content (AvgIpc) is 2.23. The molecule has 2 rings (SSSR count). The zero-order valence-corrected chi connectivity index (χ0v) is 12.1. The van der Waals surface area contributed by atoms with Gasteiger partial charge in [-0.1, -0.05) is 27.7 Å². The van der Waals surface area contributed by atoms with Crippen molar-refractivity contribution in [1.82, 2.24) is 10.2 Å². The molecule has 17 heavy (non-hydrogen) atoms. The standard InChI is InChI=1S/C15H30N2/c1-11(2)8-16-14-7-12(3)9-17(10-14)15-6-5-13(15)4/h11-16H,5-10H2,1-4H3. The Kier molecular flexibility index (Phi) is 4.48. The van der Waals surface area contributed by atoms with E-state index in [9.17, 15) is 0 Å². The summed E-state index contributed by atoms with van der Waals surface area (Å²) in [5.41, 5.74) is 0. The van der Waals surface area contributed by atoms with Gasteiger partial charge in [-0.05, 0) is 43.6 Å². The van der Waals surface area contributed by atoms with Crippen molar-refractivity contribution in [2.75, 3.05) is 19.6 Å². The predicted molar refractivity (Wildman–Crippen MR) is 74.2 cm³/mol. The number of piperidine rings is 1. The van der Waals surface area contributed by atoms with Gasteiger partial charge in [0.2, 0.25) is 0 Å². The lowest BCUT2D eigenvalue weighted by Crippen LogP contribution is -2.56. The van der Waals surface area contributed by atoms with E-state index in [0.717, 1.165) is 29.8 Å². The first kappa shape index (κ1) is 13.4. The Morgan fingerprint density at radius 2 is 1.94 bits per heavy atom. The molecule has 2 nitrogen and oxygen atoms in total. The van der Waals surface area contributed by atoms with Gasteiger partial charge in [-0.15, -0.1) is 0 Å². The molecule has 0 aromatic rings. The van der Waals surface area contributed by atoms with E-state index in [1.54, 1.807) is 0 Å². The highest BCUT2D eigenvalue weighted by Gasteiger charge is 2.36. The number of nitrogens with one attached hydrogen (secondary N) is 1.